The summed E-state index contributed by atoms with van der Waals surface area (Å²) in [6.07, 6.45) is 5.24. The van der Waals surface area contributed by atoms with Crippen LogP contribution in [0.15, 0.2) is 41.3 Å². The van der Waals surface area contributed by atoms with Crippen molar-refractivity contribution in [1.29, 1.82) is 0 Å². The molecule has 0 bridgehead atoms. The molecule has 0 spiro atoms. The van der Waals surface area contributed by atoms with E-state index in [1.165, 1.54) is 24.8 Å². The molecule has 1 aromatic carbocycles. The lowest BCUT2D eigenvalue weighted by molar-refractivity contribution is 0.151. The highest BCUT2D eigenvalue weighted by Crippen LogP contribution is 2.20. The Labute approximate surface area is 105 Å². The Morgan fingerprint density at radius 1 is 1.28 bits per heavy atom. The zero-order valence-electron chi connectivity index (χ0n) is 9.98. The van der Waals surface area contributed by atoms with Crippen molar-refractivity contribution in [3.8, 4) is 0 Å². The summed E-state index contributed by atoms with van der Waals surface area (Å²) in [6, 6.07) is 6.11. The Hall–Kier alpha value is -1.71. The largest absolute Gasteiger partial charge is 0.362 e. The number of benzene rings is 1. The molecule has 4 heteroatoms. The molecule has 0 aliphatic heterocycles. The van der Waals surface area contributed by atoms with Crippen molar-refractivity contribution in [2.75, 3.05) is 0 Å². The lowest BCUT2D eigenvalue weighted by atomic mass is 10.1. The maximum atomic E-state index is 12.5. The van der Waals surface area contributed by atoms with Crippen molar-refractivity contribution in [2.24, 2.45) is 5.16 Å². The lowest BCUT2D eigenvalue weighted by Crippen LogP contribution is -1.94. The van der Waals surface area contributed by atoms with E-state index >= 15 is 0 Å². The number of oxime groups is 1. The number of nitrogens with zero attached hydrogens (tertiary/aromatic N) is 1. The number of alkyl halides is 2. The molecule has 1 aromatic rings. The summed E-state index contributed by atoms with van der Waals surface area (Å²) in [5.41, 5.74) is 0.611. The number of hydrogen-bond donors (Lipinski definition) is 0. The van der Waals surface area contributed by atoms with Gasteiger partial charge in [0.15, 0.2) is 0 Å². The van der Waals surface area contributed by atoms with Crippen LogP contribution in [0.3, 0.4) is 0 Å². The fourth-order valence-corrected chi connectivity index (χ4v) is 1.82. The summed E-state index contributed by atoms with van der Waals surface area (Å²) in [5.74, 6) is 0.863. The van der Waals surface area contributed by atoms with Crippen molar-refractivity contribution in [3.63, 3.8) is 0 Å². The van der Waals surface area contributed by atoms with Crippen LogP contribution >= 0.6 is 0 Å². The summed E-state index contributed by atoms with van der Waals surface area (Å²) in [5, 5.41) is 3.83. The quantitative estimate of drug-likeness (QED) is 0.573. The summed E-state index contributed by atoms with van der Waals surface area (Å²) >= 11 is 0. The highest BCUT2D eigenvalue weighted by molar-refractivity contribution is 5.79. The number of hydrogen-bond acceptors (Lipinski definition) is 2. The van der Waals surface area contributed by atoms with Crippen molar-refractivity contribution in [2.45, 2.75) is 32.1 Å². The third-order valence-corrected chi connectivity index (χ3v) is 2.78. The van der Waals surface area contributed by atoms with Gasteiger partial charge in [-0.15, -0.1) is 0 Å². The van der Waals surface area contributed by atoms with Gasteiger partial charge in [0.25, 0.3) is 6.43 Å². The van der Waals surface area contributed by atoms with Crippen molar-refractivity contribution < 1.29 is 13.6 Å². The molecule has 0 radical (unpaired) electrons. The highest BCUT2D eigenvalue weighted by Gasteiger charge is 2.06. The van der Waals surface area contributed by atoms with Gasteiger partial charge in [-0.25, -0.2) is 8.78 Å². The number of halogens is 2. The molecular formula is C14H15F2NO. The molecule has 2 rings (SSSR count). The molecule has 1 aliphatic rings. The summed E-state index contributed by atoms with van der Waals surface area (Å²) in [6.45, 7) is 0. The molecule has 0 N–H and O–H groups in total. The van der Waals surface area contributed by atoms with Crippen molar-refractivity contribution >= 4 is 6.21 Å². The van der Waals surface area contributed by atoms with Crippen LogP contribution in [0.25, 0.3) is 0 Å². The minimum atomic E-state index is -2.46. The molecule has 96 valence electrons. The molecule has 0 amide bonds. The molecule has 0 aromatic heterocycles. The van der Waals surface area contributed by atoms with E-state index in [4.69, 9.17) is 4.84 Å². The maximum absolute atomic E-state index is 12.5. The smallest absolute Gasteiger partial charge is 0.263 e. The van der Waals surface area contributed by atoms with Gasteiger partial charge in [-0.3, -0.25) is 0 Å². The predicted octanol–water partition coefficient (Wildman–Crippen LogP) is 4.43. The molecule has 1 aliphatic carbocycles. The molecule has 0 saturated carbocycles. The molecule has 0 saturated heterocycles. The number of rotatable bonds is 4. The van der Waals surface area contributed by atoms with Crippen LogP contribution in [0, 0.1) is 0 Å². The molecular weight excluding hydrogens is 236 g/mol. The Kier molecular flexibility index (Phi) is 4.45. The van der Waals surface area contributed by atoms with Gasteiger partial charge in [-0.2, -0.15) is 0 Å². The zero-order valence-corrected chi connectivity index (χ0v) is 9.98. The predicted molar refractivity (Wildman–Crippen MR) is 66.6 cm³/mol. The van der Waals surface area contributed by atoms with Crippen LogP contribution in [0.5, 0.6) is 0 Å². The average molecular weight is 251 g/mol. The Bertz CT molecular complexity index is 455. The Balaban J connectivity index is 1.96. The summed E-state index contributed by atoms with van der Waals surface area (Å²) in [4.78, 5) is 5.23. The van der Waals surface area contributed by atoms with Gasteiger partial charge < -0.3 is 4.84 Å². The van der Waals surface area contributed by atoms with Gasteiger partial charge >= 0.3 is 0 Å². The molecule has 0 atom stereocenters. The fourth-order valence-electron chi connectivity index (χ4n) is 1.82. The first-order valence-corrected chi connectivity index (χ1v) is 6.03. The second-order valence-electron chi connectivity index (χ2n) is 4.21. The summed E-state index contributed by atoms with van der Waals surface area (Å²) in [7, 11) is 0. The van der Waals surface area contributed by atoms with Gasteiger partial charge in [0, 0.05) is 12.0 Å². The van der Waals surface area contributed by atoms with Crippen LogP contribution in [0.1, 0.15) is 43.2 Å². The van der Waals surface area contributed by atoms with Gasteiger partial charge in [-0.1, -0.05) is 23.4 Å². The van der Waals surface area contributed by atoms with E-state index in [0.717, 1.165) is 25.0 Å². The molecule has 0 unspecified atom stereocenters. The van der Waals surface area contributed by atoms with E-state index in [-0.39, 0.29) is 5.56 Å². The first-order valence-electron chi connectivity index (χ1n) is 6.03. The SMILES string of the molecule is FC(F)c1cccc(C=NOC2=CCCCC2)c1. The number of allylic oxidation sites excluding steroid dienone is 2. The van der Waals surface area contributed by atoms with E-state index in [2.05, 4.69) is 5.16 Å². The third kappa shape index (κ3) is 3.65. The lowest BCUT2D eigenvalue weighted by Gasteiger charge is -2.09. The first-order chi connectivity index (χ1) is 8.75. The van der Waals surface area contributed by atoms with Gasteiger partial charge in [-0.05, 0) is 37.0 Å². The Morgan fingerprint density at radius 2 is 2.17 bits per heavy atom. The normalized spacial score (nSPS) is 16.1. The minimum Gasteiger partial charge on any atom is -0.362 e. The fraction of sp³-hybridized carbons (Fsp3) is 0.357. The maximum Gasteiger partial charge on any atom is 0.263 e. The van der Waals surface area contributed by atoms with Crippen LogP contribution in [0.4, 0.5) is 8.78 Å². The van der Waals surface area contributed by atoms with Crippen molar-refractivity contribution in [1.82, 2.24) is 0 Å². The van der Waals surface area contributed by atoms with Crippen molar-refractivity contribution in [3.05, 3.63) is 47.2 Å². The second kappa shape index (κ2) is 6.28. The van der Waals surface area contributed by atoms with E-state index in [9.17, 15) is 8.78 Å². The van der Waals surface area contributed by atoms with Crippen LogP contribution < -0.4 is 0 Å². The zero-order chi connectivity index (χ0) is 12.8. The van der Waals surface area contributed by atoms with Crippen LogP contribution in [0.2, 0.25) is 0 Å². The standard InChI is InChI=1S/C14H15F2NO/c15-14(16)12-6-4-5-11(9-12)10-17-18-13-7-2-1-3-8-13/h4-7,9-10,14H,1-3,8H2. The Morgan fingerprint density at radius 3 is 2.89 bits per heavy atom. The van der Waals surface area contributed by atoms with Gasteiger partial charge in [0.2, 0.25) is 0 Å². The van der Waals surface area contributed by atoms with E-state index in [1.54, 1.807) is 12.1 Å². The molecule has 18 heavy (non-hydrogen) atoms. The second-order valence-corrected chi connectivity index (χ2v) is 4.21. The molecule has 2 nitrogen and oxygen atoms in total. The van der Waals surface area contributed by atoms with Crippen LogP contribution in [-0.2, 0) is 4.84 Å². The minimum absolute atomic E-state index is 0.00386. The van der Waals surface area contributed by atoms with Gasteiger partial charge in [0.1, 0.15) is 5.76 Å². The van der Waals surface area contributed by atoms with Crippen LogP contribution in [-0.4, -0.2) is 6.21 Å². The van der Waals surface area contributed by atoms with Gasteiger partial charge in [0.05, 0.1) is 6.21 Å². The third-order valence-electron chi connectivity index (χ3n) is 2.78. The molecule has 0 fully saturated rings. The topological polar surface area (TPSA) is 21.6 Å². The first kappa shape index (κ1) is 12.7. The van der Waals surface area contributed by atoms with E-state index < -0.39 is 6.43 Å². The van der Waals surface area contributed by atoms with E-state index in [0.29, 0.717) is 5.56 Å². The average Bonchev–Trinajstić information content (AvgIpc) is 2.40. The molecule has 0 heterocycles. The summed E-state index contributed by atoms with van der Waals surface area (Å²) < 4.78 is 25.0. The highest BCUT2D eigenvalue weighted by atomic mass is 19.3. The monoisotopic (exact) mass is 251 g/mol. The van der Waals surface area contributed by atoms with E-state index in [1.807, 2.05) is 6.08 Å².